The van der Waals surface area contributed by atoms with Crippen LogP contribution in [0.5, 0.6) is 5.75 Å². The van der Waals surface area contributed by atoms with Crippen LogP contribution >= 0.6 is 0 Å². The normalized spacial score (nSPS) is 11.2. The van der Waals surface area contributed by atoms with Crippen LogP contribution in [0, 0.1) is 6.92 Å². The Balaban J connectivity index is 1.42. The standard InChI is InChI=1S/C30H23N3O/c1-20-19-27(21-13-17-24(34-2)18-14-21)32-30(31-20)22-11-15-23(16-12-22)33-28-9-5-3-7-25(28)26-8-4-6-10-29(26)33/h3-19H,1-2H3. The van der Waals surface area contributed by atoms with Crippen molar-refractivity contribution in [1.82, 2.24) is 14.5 Å². The Morgan fingerprint density at radius 1 is 0.647 bits per heavy atom. The third kappa shape index (κ3) is 3.41. The van der Waals surface area contributed by atoms with Crippen molar-refractivity contribution in [2.45, 2.75) is 6.92 Å². The van der Waals surface area contributed by atoms with E-state index in [0.29, 0.717) is 0 Å². The Morgan fingerprint density at radius 3 is 1.85 bits per heavy atom. The first-order valence-electron chi connectivity index (χ1n) is 11.3. The molecular weight excluding hydrogens is 418 g/mol. The molecule has 0 radical (unpaired) electrons. The predicted molar refractivity (Wildman–Crippen MR) is 139 cm³/mol. The molecule has 0 aliphatic rings. The summed E-state index contributed by atoms with van der Waals surface area (Å²) in [6.45, 7) is 2.00. The quantitative estimate of drug-likeness (QED) is 0.290. The summed E-state index contributed by atoms with van der Waals surface area (Å²) in [5, 5.41) is 2.52. The first kappa shape index (κ1) is 20.2. The number of ether oxygens (including phenoxy) is 1. The largest absolute Gasteiger partial charge is 0.497 e. The highest BCUT2D eigenvalue weighted by Crippen LogP contribution is 2.32. The molecule has 2 aromatic heterocycles. The number of hydrogen-bond donors (Lipinski definition) is 0. The zero-order valence-electron chi connectivity index (χ0n) is 19.1. The number of rotatable bonds is 4. The topological polar surface area (TPSA) is 39.9 Å². The SMILES string of the molecule is COc1ccc(-c2cc(C)nc(-c3ccc(-n4c5ccccc5c5ccccc54)cc3)n2)cc1. The molecule has 0 saturated carbocycles. The zero-order valence-corrected chi connectivity index (χ0v) is 19.1. The van der Waals surface area contributed by atoms with Crippen LogP contribution in [0.15, 0.2) is 103 Å². The summed E-state index contributed by atoms with van der Waals surface area (Å²) in [6, 6.07) is 35.5. The van der Waals surface area contributed by atoms with E-state index in [1.807, 2.05) is 37.3 Å². The Kier molecular flexibility index (Phi) is 4.84. The highest BCUT2D eigenvalue weighted by molar-refractivity contribution is 6.09. The molecule has 4 aromatic carbocycles. The van der Waals surface area contributed by atoms with Gasteiger partial charge in [0.1, 0.15) is 5.75 Å². The second kappa shape index (κ2) is 8.16. The smallest absolute Gasteiger partial charge is 0.160 e. The minimum Gasteiger partial charge on any atom is -0.497 e. The Bertz CT molecular complexity index is 1580. The molecule has 2 heterocycles. The van der Waals surface area contributed by atoms with Gasteiger partial charge in [-0.2, -0.15) is 0 Å². The van der Waals surface area contributed by atoms with Crippen LogP contribution < -0.4 is 4.74 Å². The fourth-order valence-electron chi connectivity index (χ4n) is 4.57. The molecule has 0 N–H and O–H groups in total. The van der Waals surface area contributed by atoms with Crippen LogP contribution in [0.1, 0.15) is 5.69 Å². The zero-order chi connectivity index (χ0) is 23.1. The molecule has 0 bridgehead atoms. The minimum atomic E-state index is 0.722. The average molecular weight is 442 g/mol. The number of benzene rings is 4. The van der Waals surface area contributed by atoms with Crippen molar-refractivity contribution in [2.75, 3.05) is 7.11 Å². The molecule has 4 heteroatoms. The lowest BCUT2D eigenvalue weighted by molar-refractivity contribution is 0.415. The first-order chi connectivity index (χ1) is 16.7. The van der Waals surface area contributed by atoms with E-state index in [2.05, 4.69) is 77.4 Å². The molecular formula is C30H23N3O. The molecule has 0 spiro atoms. The van der Waals surface area contributed by atoms with Gasteiger partial charge in [-0.1, -0.05) is 36.4 Å². The predicted octanol–water partition coefficient (Wildman–Crippen LogP) is 7.22. The summed E-state index contributed by atoms with van der Waals surface area (Å²) in [4.78, 5) is 9.58. The highest BCUT2D eigenvalue weighted by atomic mass is 16.5. The number of nitrogens with zero attached hydrogens (tertiary/aromatic N) is 3. The number of hydrogen-bond acceptors (Lipinski definition) is 3. The summed E-state index contributed by atoms with van der Waals surface area (Å²) in [5.41, 5.74) is 7.37. The second-order valence-corrected chi connectivity index (χ2v) is 8.36. The average Bonchev–Trinajstić information content (AvgIpc) is 3.23. The van der Waals surface area contributed by atoms with E-state index >= 15 is 0 Å². The lowest BCUT2D eigenvalue weighted by Gasteiger charge is -2.10. The van der Waals surface area contributed by atoms with Gasteiger partial charge < -0.3 is 9.30 Å². The Hall–Kier alpha value is -4.44. The number of para-hydroxylation sites is 2. The van der Waals surface area contributed by atoms with E-state index < -0.39 is 0 Å². The van der Waals surface area contributed by atoms with Crippen LogP contribution in [0.4, 0.5) is 0 Å². The monoisotopic (exact) mass is 441 g/mol. The molecule has 0 unspecified atom stereocenters. The van der Waals surface area contributed by atoms with Gasteiger partial charge in [0.2, 0.25) is 0 Å². The van der Waals surface area contributed by atoms with Gasteiger partial charge in [-0.25, -0.2) is 9.97 Å². The molecule has 0 fully saturated rings. The summed E-state index contributed by atoms with van der Waals surface area (Å²) >= 11 is 0. The molecule has 0 amide bonds. The van der Waals surface area contributed by atoms with E-state index in [1.54, 1.807) is 7.11 Å². The van der Waals surface area contributed by atoms with Crippen molar-refractivity contribution in [3.05, 3.63) is 109 Å². The Morgan fingerprint density at radius 2 is 1.24 bits per heavy atom. The number of fused-ring (bicyclic) bond motifs is 3. The lowest BCUT2D eigenvalue weighted by Crippen LogP contribution is -1.97. The molecule has 0 aliphatic carbocycles. The van der Waals surface area contributed by atoms with Crippen molar-refractivity contribution < 1.29 is 4.74 Å². The maximum Gasteiger partial charge on any atom is 0.160 e. The van der Waals surface area contributed by atoms with Crippen molar-refractivity contribution >= 4 is 21.8 Å². The maximum atomic E-state index is 5.28. The van der Waals surface area contributed by atoms with Gasteiger partial charge in [-0.3, -0.25) is 0 Å². The number of aryl methyl sites for hydroxylation is 1. The first-order valence-corrected chi connectivity index (χ1v) is 11.3. The summed E-state index contributed by atoms with van der Waals surface area (Å²) in [5.74, 6) is 1.55. The van der Waals surface area contributed by atoms with Crippen LogP contribution in [-0.2, 0) is 0 Å². The van der Waals surface area contributed by atoms with E-state index in [9.17, 15) is 0 Å². The second-order valence-electron chi connectivity index (χ2n) is 8.36. The van der Waals surface area contributed by atoms with Gasteiger partial charge in [0, 0.05) is 33.3 Å². The third-order valence-corrected chi connectivity index (χ3v) is 6.20. The minimum absolute atomic E-state index is 0.722. The van der Waals surface area contributed by atoms with Gasteiger partial charge in [0.25, 0.3) is 0 Å². The summed E-state index contributed by atoms with van der Waals surface area (Å²) < 4.78 is 7.60. The van der Waals surface area contributed by atoms with Gasteiger partial charge in [0.15, 0.2) is 5.82 Å². The van der Waals surface area contributed by atoms with E-state index in [1.165, 1.54) is 21.8 Å². The molecule has 4 nitrogen and oxygen atoms in total. The van der Waals surface area contributed by atoms with Crippen molar-refractivity contribution in [3.8, 4) is 34.1 Å². The summed E-state index contributed by atoms with van der Waals surface area (Å²) in [6.07, 6.45) is 0. The van der Waals surface area contributed by atoms with Crippen molar-refractivity contribution in [2.24, 2.45) is 0 Å². The van der Waals surface area contributed by atoms with E-state index in [0.717, 1.165) is 39.8 Å². The van der Waals surface area contributed by atoms with E-state index in [-0.39, 0.29) is 0 Å². The van der Waals surface area contributed by atoms with Crippen LogP contribution in [0.25, 0.3) is 50.1 Å². The van der Waals surface area contributed by atoms with E-state index in [4.69, 9.17) is 14.7 Å². The third-order valence-electron chi connectivity index (χ3n) is 6.20. The number of aromatic nitrogens is 3. The lowest BCUT2D eigenvalue weighted by atomic mass is 10.1. The fourth-order valence-corrected chi connectivity index (χ4v) is 4.57. The van der Waals surface area contributed by atoms with Gasteiger partial charge in [0.05, 0.1) is 23.8 Å². The fraction of sp³-hybridized carbons (Fsp3) is 0.0667. The maximum absolute atomic E-state index is 5.28. The summed E-state index contributed by atoms with van der Waals surface area (Å²) in [7, 11) is 1.67. The molecule has 164 valence electrons. The Labute approximate surface area is 198 Å². The van der Waals surface area contributed by atoms with Crippen LogP contribution in [-0.4, -0.2) is 21.6 Å². The van der Waals surface area contributed by atoms with Crippen molar-refractivity contribution in [3.63, 3.8) is 0 Å². The molecule has 0 saturated heterocycles. The molecule has 6 rings (SSSR count). The molecule has 0 atom stereocenters. The van der Waals surface area contributed by atoms with Gasteiger partial charge in [-0.05, 0) is 73.7 Å². The van der Waals surface area contributed by atoms with Crippen LogP contribution in [0.3, 0.4) is 0 Å². The number of methoxy groups -OCH3 is 1. The highest BCUT2D eigenvalue weighted by Gasteiger charge is 2.12. The molecule has 0 aliphatic heterocycles. The van der Waals surface area contributed by atoms with Gasteiger partial charge >= 0.3 is 0 Å². The van der Waals surface area contributed by atoms with Crippen LogP contribution in [0.2, 0.25) is 0 Å². The van der Waals surface area contributed by atoms with Crippen molar-refractivity contribution in [1.29, 1.82) is 0 Å². The molecule has 34 heavy (non-hydrogen) atoms. The molecule has 6 aromatic rings. The van der Waals surface area contributed by atoms with Gasteiger partial charge in [-0.15, -0.1) is 0 Å².